The van der Waals surface area contributed by atoms with Crippen LogP contribution in [0, 0.1) is 23.7 Å². The van der Waals surface area contributed by atoms with Gasteiger partial charge in [-0.1, -0.05) is 0 Å². The van der Waals surface area contributed by atoms with E-state index in [-0.39, 0.29) is 35.4 Å². The van der Waals surface area contributed by atoms with Crippen LogP contribution in [0.4, 0.5) is 5.69 Å². The number of alkyl halides is 2. The molecule has 0 N–H and O–H groups in total. The number of carbonyl (C=O) groups excluding carboxylic acids is 3. The normalized spacial score (nSPS) is 29.6. The standard InChI is InChI=1S/C19H19Cl2NO4/c20-8-14(9-21)26-19(25)10-3-5-13(6-4-10)22-17(23)15-11-1-2-12(7-11)16(15)18(22)24/h3-6,11-12,14-16H,1-2,7-9H2/t11-,12-,15-,16-/m0/s1. The molecule has 1 aromatic rings. The molecule has 2 aliphatic carbocycles. The van der Waals surface area contributed by atoms with Crippen LogP contribution in [0.25, 0.3) is 0 Å². The number of ether oxygens (including phenoxy) is 1. The van der Waals surface area contributed by atoms with E-state index >= 15 is 0 Å². The lowest BCUT2D eigenvalue weighted by Gasteiger charge is -2.19. The topological polar surface area (TPSA) is 63.7 Å². The smallest absolute Gasteiger partial charge is 0.338 e. The zero-order valence-corrected chi connectivity index (χ0v) is 15.6. The van der Waals surface area contributed by atoms with Gasteiger partial charge in [0.15, 0.2) is 0 Å². The number of rotatable bonds is 5. The van der Waals surface area contributed by atoms with Gasteiger partial charge in [-0.25, -0.2) is 4.79 Å². The van der Waals surface area contributed by atoms with Crippen LogP contribution >= 0.6 is 23.2 Å². The number of halogens is 2. The molecule has 7 heteroatoms. The summed E-state index contributed by atoms with van der Waals surface area (Å²) in [5, 5.41) is 0. The lowest BCUT2D eigenvalue weighted by Crippen LogP contribution is -2.32. The molecule has 26 heavy (non-hydrogen) atoms. The summed E-state index contributed by atoms with van der Waals surface area (Å²) in [5.74, 6) is -0.0778. The van der Waals surface area contributed by atoms with Crippen LogP contribution in [-0.4, -0.2) is 35.6 Å². The lowest BCUT2D eigenvalue weighted by molar-refractivity contribution is -0.123. The van der Waals surface area contributed by atoms with Crippen molar-refractivity contribution >= 4 is 46.7 Å². The van der Waals surface area contributed by atoms with Crippen molar-refractivity contribution in [1.29, 1.82) is 0 Å². The summed E-state index contributed by atoms with van der Waals surface area (Å²) >= 11 is 11.3. The molecule has 3 fully saturated rings. The van der Waals surface area contributed by atoms with E-state index in [1.165, 1.54) is 4.90 Å². The van der Waals surface area contributed by atoms with Crippen molar-refractivity contribution in [3.8, 4) is 0 Å². The summed E-state index contributed by atoms with van der Waals surface area (Å²) in [4.78, 5) is 39.0. The molecular weight excluding hydrogens is 377 g/mol. The van der Waals surface area contributed by atoms with E-state index in [1.54, 1.807) is 24.3 Å². The van der Waals surface area contributed by atoms with Gasteiger partial charge in [-0.2, -0.15) is 0 Å². The first-order valence-electron chi connectivity index (χ1n) is 8.86. The maximum Gasteiger partial charge on any atom is 0.338 e. The summed E-state index contributed by atoms with van der Waals surface area (Å²) in [7, 11) is 0. The fraction of sp³-hybridized carbons (Fsp3) is 0.526. The van der Waals surface area contributed by atoms with Gasteiger partial charge in [0.05, 0.1) is 34.8 Å². The van der Waals surface area contributed by atoms with Gasteiger partial charge in [0, 0.05) is 0 Å². The third kappa shape index (κ3) is 2.72. The van der Waals surface area contributed by atoms with E-state index in [0.717, 1.165) is 19.3 Å². The molecule has 0 aromatic heterocycles. The Morgan fingerprint density at radius 2 is 1.58 bits per heavy atom. The second-order valence-corrected chi connectivity index (χ2v) is 7.90. The van der Waals surface area contributed by atoms with Crippen LogP contribution in [0.15, 0.2) is 24.3 Å². The monoisotopic (exact) mass is 395 g/mol. The van der Waals surface area contributed by atoms with Crippen molar-refractivity contribution in [3.05, 3.63) is 29.8 Å². The minimum Gasteiger partial charge on any atom is -0.456 e. The Morgan fingerprint density at radius 3 is 2.08 bits per heavy atom. The zero-order valence-electron chi connectivity index (χ0n) is 14.1. The highest BCUT2D eigenvalue weighted by molar-refractivity contribution is 6.23. The SMILES string of the molecule is O=C(OC(CCl)CCl)c1ccc(N2C(=O)[C@H]3[C@H]4CC[C@@H](C4)[C@@H]3C2=O)cc1. The van der Waals surface area contributed by atoms with E-state index in [2.05, 4.69) is 0 Å². The number of esters is 1. The second-order valence-electron chi connectivity index (χ2n) is 7.28. The number of fused-ring (bicyclic) bond motifs is 5. The van der Waals surface area contributed by atoms with Crippen LogP contribution in [0.2, 0.25) is 0 Å². The van der Waals surface area contributed by atoms with Crippen molar-refractivity contribution < 1.29 is 19.1 Å². The van der Waals surface area contributed by atoms with E-state index in [4.69, 9.17) is 27.9 Å². The van der Waals surface area contributed by atoms with E-state index in [0.29, 0.717) is 23.1 Å². The molecule has 4 atom stereocenters. The Hall–Kier alpha value is -1.59. The molecule has 2 amide bonds. The van der Waals surface area contributed by atoms with Crippen LogP contribution in [-0.2, 0) is 14.3 Å². The minimum absolute atomic E-state index is 0.0909. The van der Waals surface area contributed by atoms with Gasteiger partial charge in [-0.15, -0.1) is 23.2 Å². The van der Waals surface area contributed by atoms with Crippen molar-refractivity contribution in [2.24, 2.45) is 23.7 Å². The fourth-order valence-electron chi connectivity index (χ4n) is 4.73. The first kappa shape index (κ1) is 17.8. The molecule has 1 saturated heterocycles. The molecule has 2 saturated carbocycles. The number of carbonyl (C=O) groups is 3. The summed E-state index contributed by atoms with van der Waals surface area (Å²) in [6.45, 7) is 0. The van der Waals surface area contributed by atoms with Crippen molar-refractivity contribution in [1.82, 2.24) is 0 Å². The predicted molar refractivity (Wildman–Crippen MR) is 97.4 cm³/mol. The Labute approximate surface area is 161 Å². The number of benzene rings is 1. The minimum atomic E-state index is -0.554. The van der Waals surface area contributed by atoms with E-state index < -0.39 is 12.1 Å². The number of hydrogen-bond acceptors (Lipinski definition) is 4. The summed E-state index contributed by atoms with van der Waals surface area (Å²) in [6, 6.07) is 6.35. The molecule has 3 aliphatic rings. The van der Waals surface area contributed by atoms with Crippen molar-refractivity contribution in [2.45, 2.75) is 25.4 Å². The van der Waals surface area contributed by atoms with Gasteiger partial charge in [-0.05, 0) is 55.4 Å². The average molecular weight is 396 g/mol. The molecule has 0 radical (unpaired) electrons. The third-order valence-corrected chi connectivity index (χ3v) is 6.59. The summed E-state index contributed by atoms with van der Waals surface area (Å²) in [6.07, 6.45) is 2.55. The molecule has 1 heterocycles. The van der Waals surface area contributed by atoms with Gasteiger partial charge in [0.1, 0.15) is 6.10 Å². The molecule has 138 valence electrons. The van der Waals surface area contributed by atoms with Gasteiger partial charge in [0.2, 0.25) is 11.8 Å². The molecular formula is C19H19Cl2NO4. The van der Waals surface area contributed by atoms with Gasteiger partial charge in [-0.3, -0.25) is 14.5 Å². The Morgan fingerprint density at radius 1 is 1.04 bits per heavy atom. The van der Waals surface area contributed by atoms with Gasteiger partial charge < -0.3 is 4.74 Å². The Bertz CT molecular complexity index is 718. The zero-order chi connectivity index (χ0) is 18.4. The summed E-state index contributed by atoms with van der Waals surface area (Å²) < 4.78 is 5.19. The Kier molecular flexibility index (Phi) is 4.70. The third-order valence-electron chi connectivity index (χ3n) is 5.91. The van der Waals surface area contributed by atoms with E-state index in [1.807, 2.05) is 0 Å². The number of hydrogen-bond donors (Lipinski definition) is 0. The molecule has 4 rings (SSSR count). The maximum absolute atomic E-state index is 12.8. The molecule has 1 aromatic carbocycles. The molecule has 5 nitrogen and oxygen atoms in total. The maximum atomic E-state index is 12.8. The predicted octanol–water partition coefficient (Wildman–Crippen LogP) is 3.23. The average Bonchev–Trinajstić information content (AvgIpc) is 3.33. The lowest BCUT2D eigenvalue weighted by atomic mass is 9.81. The van der Waals surface area contributed by atoms with Crippen molar-refractivity contribution in [2.75, 3.05) is 16.7 Å². The first-order valence-corrected chi connectivity index (χ1v) is 9.92. The van der Waals surface area contributed by atoms with Crippen LogP contribution < -0.4 is 4.90 Å². The van der Waals surface area contributed by atoms with Crippen LogP contribution in [0.5, 0.6) is 0 Å². The highest BCUT2D eigenvalue weighted by Gasteiger charge is 2.61. The van der Waals surface area contributed by atoms with E-state index in [9.17, 15) is 14.4 Å². The Balaban J connectivity index is 1.52. The largest absolute Gasteiger partial charge is 0.456 e. The van der Waals surface area contributed by atoms with Crippen LogP contribution in [0.1, 0.15) is 29.6 Å². The highest BCUT2D eigenvalue weighted by Crippen LogP contribution is 2.56. The molecule has 1 aliphatic heterocycles. The number of nitrogens with zero attached hydrogens (tertiary/aromatic N) is 1. The first-order chi connectivity index (χ1) is 12.5. The highest BCUT2D eigenvalue weighted by atomic mass is 35.5. The number of imide groups is 1. The second kappa shape index (κ2) is 6.86. The summed E-state index contributed by atoms with van der Waals surface area (Å²) in [5.41, 5.74) is 0.838. The molecule has 0 unspecified atom stereocenters. The fourth-order valence-corrected chi connectivity index (χ4v) is 5.19. The molecule has 2 bridgehead atoms. The number of anilines is 1. The quantitative estimate of drug-likeness (QED) is 0.436. The molecule has 0 spiro atoms. The van der Waals surface area contributed by atoms with Crippen molar-refractivity contribution in [3.63, 3.8) is 0 Å². The van der Waals surface area contributed by atoms with Gasteiger partial charge >= 0.3 is 5.97 Å². The number of amides is 2. The van der Waals surface area contributed by atoms with Crippen LogP contribution in [0.3, 0.4) is 0 Å². The van der Waals surface area contributed by atoms with Gasteiger partial charge in [0.25, 0.3) is 0 Å².